The SMILES string of the molecule is COc1ccc2oc(C)c(C(=O)Nc3ccc(N(C)C)cc3)c2c1. The Hall–Kier alpha value is -2.95. The second kappa shape index (κ2) is 6.28. The lowest BCUT2D eigenvalue weighted by Gasteiger charge is -2.13. The van der Waals surface area contributed by atoms with E-state index < -0.39 is 0 Å². The van der Waals surface area contributed by atoms with E-state index in [-0.39, 0.29) is 5.91 Å². The highest BCUT2D eigenvalue weighted by atomic mass is 16.5. The largest absolute Gasteiger partial charge is 0.497 e. The highest BCUT2D eigenvalue weighted by Crippen LogP contribution is 2.29. The predicted octanol–water partition coefficient (Wildman–Crippen LogP) is 4.07. The van der Waals surface area contributed by atoms with Gasteiger partial charge in [0.05, 0.1) is 12.7 Å². The zero-order valence-electron chi connectivity index (χ0n) is 14.2. The molecule has 1 N–H and O–H groups in total. The number of nitrogens with one attached hydrogen (secondary N) is 1. The molecule has 5 nitrogen and oxygen atoms in total. The molecule has 5 heteroatoms. The molecule has 1 amide bonds. The van der Waals surface area contributed by atoms with Crippen LogP contribution in [0.5, 0.6) is 5.75 Å². The first-order chi connectivity index (χ1) is 11.5. The summed E-state index contributed by atoms with van der Waals surface area (Å²) in [5.74, 6) is 1.07. The van der Waals surface area contributed by atoms with Crippen LogP contribution in [0.25, 0.3) is 11.0 Å². The summed E-state index contributed by atoms with van der Waals surface area (Å²) < 4.78 is 10.9. The smallest absolute Gasteiger partial charge is 0.259 e. The van der Waals surface area contributed by atoms with Crippen molar-refractivity contribution in [1.29, 1.82) is 0 Å². The first-order valence-electron chi connectivity index (χ1n) is 7.65. The average molecular weight is 324 g/mol. The van der Waals surface area contributed by atoms with Crippen molar-refractivity contribution in [2.75, 3.05) is 31.4 Å². The second-order valence-electron chi connectivity index (χ2n) is 5.79. The Labute approximate surface area is 140 Å². The maximum absolute atomic E-state index is 12.7. The minimum atomic E-state index is -0.197. The van der Waals surface area contributed by atoms with Crippen molar-refractivity contribution >= 4 is 28.3 Å². The lowest BCUT2D eigenvalue weighted by molar-refractivity contribution is 0.102. The molecular weight excluding hydrogens is 304 g/mol. The van der Waals surface area contributed by atoms with Gasteiger partial charge in [-0.2, -0.15) is 0 Å². The minimum Gasteiger partial charge on any atom is -0.497 e. The third-order valence-electron chi connectivity index (χ3n) is 3.94. The molecule has 0 saturated carbocycles. The third-order valence-corrected chi connectivity index (χ3v) is 3.94. The number of carbonyl (C=O) groups excluding carboxylic acids is 1. The number of hydrogen-bond acceptors (Lipinski definition) is 4. The molecule has 2 aromatic carbocycles. The summed E-state index contributed by atoms with van der Waals surface area (Å²) in [6.45, 7) is 1.79. The van der Waals surface area contributed by atoms with Crippen LogP contribution >= 0.6 is 0 Å². The van der Waals surface area contributed by atoms with Crippen molar-refractivity contribution in [3.8, 4) is 5.75 Å². The number of carbonyl (C=O) groups is 1. The lowest BCUT2D eigenvalue weighted by Crippen LogP contribution is -2.13. The Morgan fingerprint density at radius 2 is 1.83 bits per heavy atom. The van der Waals surface area contributed by atoms with Crippen LogP contribution < -0.4 is 15.0 Å². The van der Waals surface area contributed by atoms with Gasteiger partial charge in [0.2, 0.25) is 0 Å². The van der Waals surface area contributed by atoms with Crippen LogP contribution in [0.2, 0.25) is 0 Å². The van der Waals surface area contributed by atoms with Crippen molar-refractivity contribution in [2.45, 2.75) is 6.92 Å². The topological polar surface area (TPSA) is 54.7 Å². The number of rotatable bonds is 4. The van der Waals surface area contributed by atoms with Gasteiger partial charge in [-0.25, -0.2) is 0 Å². The molecule has 124 valence electrons. The van der Waals surface area contributed by atoms with Gasteiger partial charge in [-0.3, -0.25) is 4.79 Å². The van der Waals surface area contributed by atoms with Crippen LogP contribution in [0.1, 0.15) is 16.1 Å². The maximum Gasteiger partial charge on any atom is 0.259 e. The van der Waals surface area contributed by atoms with Gasteiger partial charge < -0.3 is 19.4 Å². The summed E-state index contributed by atoms with van der Waals surface area (Å²) in [6, 6.07) is 13.1. The van der Waals surface area contributed by atoms with Gasteiger partial charge in [-0.05, 0) is 49.4 Å². The molecular formula is C19H20N2O3. The number of hydrogen-bond donors (Lipinski definition) is 1. The van der Waals surface area contributed by atoms with E-state index in [9.17, 15) is 4.79 Å². The summed E-state index contributed by atoms with van der Waals surface area (Å²) in [7, 11) is 5.55. The van der Waals surface area contributed by atoms with Crippen molar-refractivity contribution in [3.63, 3.8) is 0 Å². The molecule has 3 rings (SSSR count). The number of methoxy groups -OCH3 is 1. The average Bonchev–Trinajstić information content (AvgIpc) is 2.90. The molecule has 0 radical (unpaired) electrons. The number of benzene rings is 2. The van der Waals surface area contributed by atoms with Crippen molar-refractivity contribution in [3.05, 3.63) is 53.8 Å². The Bertz CT molecular complexity index is 880. The van der Waals surface area contributed by atoms with E-state index in [1.54, 1.807) is 14.0 Å². The molecule has 0 fully saturated rings. The lowest BCUT2D eigenvalue weighted by atomic mass is 10.1. The summed E-state index contributed by atoms with van der Waals surface area (Å²) >= 11 is 0. The number of nitrogens with zero attached hydrogens (tertiary/aromatic N) is 1. The molecule has 1 aromatic heterocycles. The fourth-order valence-corrected chi connectivity index (χ4v) is 2.64. The molecule has 0 aliphatic heterocycles. The number of amides is 1. The quantitative estimate of drug-likeness (QED) is 0.786. The number of fused-ring (bicyclic) bond motifs is 1. The van der Waals surface area contributed by atoms with Gasteiger partial charge in [0, 0.05) is 30.9 Å². The van der Waals surface area contributed by atoms with E-state index in [1.165, 1.54) is 0 Å². The number of aryl methyl sites for hydroxylation is 1. The van der Waals surface area contributed by atoms with Gasteiger partial charge in [0.15, 0.2) is 0 Å². The van der Waals surface area contributed by atoms with Gasteiger partial charge in [-0.1, -0.05) is 0 Å². The summed E-state index contributed by atoms with van der Waals surface area (Å²) in [4.78, 5) is 14.7. The number of ether oxygens (including phenoxy) is 1. The number of anilines is 2. The first kappa shape index (κ1) is 15.9. The zero-order valence-corrected chi connectivity index (χ0v) is 14.2. The van der Waals surface area contributed by atoms with E-state index in [1.807, 2.05) is 61.5 Å². The zero-order chi connectivity index (χ0) is 17.3. The normalized spacial score (nSPS) is 10.7. The molecule has 0 saturated heterocycles. The van der Waals surface area contributed by atoms with Crippen molar-refractivity contribution in [1.82, 2.24) is 0 Å². The standard InChI is InChI=1S/C19H20N2O3/c1-12-18(16-11-15(23-4)9-10-17(16)24-12)19(22)20-13-5-7-14(8-6-13)21(2)3/h5-11H,1-4H3,(H,20,22). The van der Waals surface area contributed by atoms with Crippen LogP contribution in [0, 0.1) is 6.92 Å². The fraction of sp³-hybridized carbons (Fsp3) is 0.211. The van der Waals surface area contributed by atoms with E-state index in [2.05, 4.69) is 5.32 Å². The molecule has 0 aliphatic rings. The van der Waals surface area contributed by atoms with Gasteiger partial charge >= 0.3 is 0 Å². The Kier molecular flexibility index (Phi) is 4.16. The van der Waals surface area contributed by atoms with Crippen LogP contribution in [-0.4, -0.2) is 27.1 Å². The number of furan rings is 1. The molecule has 3 aromatic rings. The maximum atomic E-state index is 12.7. The van der Waals surface area contributed by atoms with Gasteiger partial charge in [-0.15, -0.1) is 0 Å². The molecule has 0 bridgehead atoms. The van der Waals surface area contributed by atoms with Gasteiger partial charge in [0.25, 0.3) is 5.91 Å². The summed E-state index contributed by atoms with van der Waals surface area (Å²) in [6.07, 6.45) is 0. The van der Waals surface area contributed by atoms with Crippen LogP contribution in [-0.2, 0) is 0 Å². The molecule has 1 heterocycles. The highest BCUT2D eigenvalue weighted by Gasteiger charge is 2.19. The molecule has 0 aliphatic carbocycles. The predicted molar refractivity (Wildman–Crippen MR) is 96.2 cm³/mol. The molecule has 0 unspecified atom stereocenters. The Balaban J connectivity index is 1.92. The second-order valence-corrected chi connectivity index (χ2v) is 5.79. The van der Waals surface area contributed by atoms with E-state index in [4.69, 9.17) is 9.15 Å². The fourth-order valence-electron chi connectivity index (χ4n) is 2.64. The van der Waals surface area contributed by atoms with E-state index in [0.717, 1.165) is 16.8 Å². The monoisotopic (exact) mass is 324 g/mol. The van der Waals surface area contributed by atoms with E-state index >= 15 is 0 Å². The third kappa shape index (κ3) is 2.93. The van der Waals surface area contributed by atoms with Gasteiger partial charge in [0.1, 0.15) is 17.1 Å². The Morgan fingerprint density at radius 1 is 1.12 bits per heavy atom. The highest BCUT2D eigenvalue weighted by molar-refractivity contribution is 6.13. The van der Waals surface area contributed by atoms with Crippen LogP contribution in [0.15, 0.2) is 46.9 Å². The summed E-state index contributed by atoms with van der Waals surface area (Å²) in [5.41, 5.74) is 3.01. The molecule has 24 heavy (non-hydrogen) atoms. The van der Waals surface area contributed by atoms with Crippen molar-refractivity contribution in [2.24, 2.45) is 0 Å². The molecule has 0 atom stereocenters. The van der Waals surface area contributed by atoms with Crippen LogP contribution in [0.3, 0.4) is 0 Å². The Morgan fingerprint density at radius 3 is 2.46 bits per heavy atom. The van der Waals surface area contributed by atoms with E-state index in [0.29, 0.717) is 22.7 Å². The van der Waals surface area contributed by atoms with Crippen LogP contribution in [0.4, 0.5) is 11.4 Å². The summed E-state index contributed by atoms with van der Waals surface area (Å²) in [5, 5.41) is 3.67. The van der Waals surface area contributed by atoms with Crippen molar-refractivity contribution < 1.29 is 13.9 Å². The molecule has 0 spiro atoms. The minimum absolute atomic E-state index is 0.197. The first-order valence-corrected chi connectivity index (χ1v) is 7.65.